The summed E-state index contributed by atoms with van der Waals surface area (Å²) in [6.45, 7) is 6.68. The summed E-state index contributed by atoms with van der Waals surface area (Å²) < 4.78 is 27.5. The standard InChI is InChI=1S/C47H56N4O13/c1-7-10-12-17-34(37(8-2)51(29-52)64-46(57)33-19-21-39(59-5)42(26-33)60-6)43(54)48-28-49-45(56)40-23-22-38(63-40)32-18-20-35(41(25-32)61-9-3)44(55)50-36(24-30(4)53)47(58)62-27-31-15-13-11-14-16-31/h11,13-16,18-23,25-26,29,34,36-37H,7-10,12,17,24,27-28H2,1-6H3,(H,48,54)(H,49,56)(H,50,55)/t34-,36+,37-/m1/s1. The largest absolute Gasteiger partial charge is 0.493 e. The first-order chi connectivity index (χ1) is 30.9. The van der Waals surface area contributed by atoms with E-state index in [2.05, 4.69) is 16.0 Å². The highest BCUT2D eigenvalue weighted by Gasteiger charge is 2.34. The van der Waals surface area contributed by atoms with E-state index in [1.165, 1.54) is 51.5 Å². The van der Waals surface area contributed by atoms with Gasteiger partial charge in [-0.2, -0.15) is 5.06 Å². The van der Waals surface area contributed by atoms with Gasteiger partial charge >= 0.3 is 11.9 Å². The maximum absolute atomic E-state index is 13.7. The van der Waals surface area contributed by atoms with Crippen LogP contribution in [0.15, 0.2) is 83.3 Å². The van der Waals surface area contributed by atoms with Crippen LogP contribution in [-0.2, 0) is 35.4 Å². The molecule has 342 valence electrons. The zero-order valence-corrected chi connectivity index (χ0v) is 36.9. The maximum Gasteiger partial charge on any atom is 0.363 e. The molecule has 4 rings (SSSR count). The molecule has 0 aliphatic rings. The van der Waals surface area contributed by atoms with Crippen molar-refractivity contribution in [1.29, 1.82) is 0 Å². The van der Waals surface area contributed by atoms with Crippen molar-refractivity contribution < 1.29 is 61.8 Å². The number of hydrogen-bond donors (Lipinski definition) is 3. The molecule has 4 amide bonds. The third kappa shape index (κ3) is 13.9. The first-order valence-corrected chi connectivity index (χ1v) is 21.0. The lowest BCUT2D eigenvalue weighted by Gasteiger charge is -2.31. The van der Waals surface area contributed by atoms with E-state index in [1.54, 1.807) is 56.3 Å². The molecule has 0 aliphatic heterocycles. The molecule has 0 saturated carbocycles. The van der Waals surface area contributed by atoms with E-state index in [0.29, 0.717) is 30.6 Å². The average molecular weight is 885 g/mol. The highest BCUT2D eigenvalue weighted by Crippen LogP contribution is 2.31. The van der Waals surface area contributed by atoms with Crippen LogP contribution in [-0.4, -0.2) is 86.5 Å². The Morgan fingerprint density at radius 1 is 0.812 bits per heavy atom. The second-order valence-electron chi connectivity index (χ2n) is 14.5. The summed E-state index contributed by atoms with van der Waals surface area (Å²) in [7, 11) is 2.88. The van der Waals surface area contributed by atoms with Crippen LogP contribution in [0.2, 0.25) is 0 Å². The normalized spacial score (nSPS) is 12.1. The fraction of sp³-hybridized carbons (Fsp3) is 0.383. The summed E-state index contributed by atoms with van der Waals surface area (Å²) >= 11 is 0. The smallest absolute Gasteiger partial charge is 0.363 e. The summed E-state index contributed by atoms with van der Waals surface area (Å²) in [5.41, 5.74) is 1.38. The lowest BCUT2D eigenvalue weighted by molar-refractivity contribution is -0.171. The monoisotopic (exact) mass is 884 g/mol. The summed E-state index contributed by atoms with van der Waals surface area (Å²) in [6.07, 6.45) is 3.08. The van der Waals surface area contributed by atoms with Crippen LogP contribution in [0.5, 0.6) is 17.2 Å². The highest BCUT2D eigenvalue weighted by atomic mass is 16.7. The SMILES string of the molecule is CCCCC[C@@H](C(=O)NCNC(=O)c1ccc(-c2ccc(C(=O)N[C@@H](CC(C)=O)C(=O)OCc3ccccc3)c(OCC)c2)o1)[C@@H](CC)N(C=O)OC(=O)c1ccc(OC)c(OC)c1. The highest BCUT2D eigenvalue weighted by molar-refractivity contribution is 6.00. The van der Waals surface area contributed by atoms with Gasteiger partial charge in [-0.05, 0) is 74.7 Å². The molecule has 64 heavy (non-hydrogen) atoms. The molecule has 1 heterocycles. The molecule has 17 heteroatoms. The number of methoxy groups -OCH3 is 2. The van der Waals surface area contributed by atoms with Crippen LogP contribution < -0.4 is 30.2 Å². The van der Waals surface area contributed by atoms with E-state index in [9.17, 15) is 33.6 Å². The van der Waals surface area contributed by atoms with Gasteiger partial charge in [-0.3, -0.25) is 24.0 Å². The Hall–Kier alpha value is -7.17. The number of hydrogen-bond acceptors (Lipinski definition) is 13. The molecule has 0 unspecified atom stereocenters. The number of nitrogens with zero attached hydrogens (tertiary/aromatic N) is 1. The number of carbonyl (C=O) groups excluding carboxylic acids is 7. The fourth-order valence-electron chi connectivity index (χ4n) is 6.76. The molecule has 17 nitrogen and oxygen atoms in total. The Bertz CT molecular complexity index is 2220. The van der Waals surface area contributed by atoms with Gasteiger partial charge in [0.05, 0.1) is 50.6 Å². The van der Waals surface area contributed by atoms with Crippen LogP contribution in [0.1, 0.15) is 103 Å². The quantitative estimate of drug-likeness (QED) is 0.0211. The van der Waals surface area contributed by atoms with E-state index in [0.717, 1.165) is 23.5 Å². The molecular weight excluding hydrogens is 829 g/mol. The van der Waals surface area contributed by atoms with Crippen molar-refractivity contribution in [2.45, 2.75) is 84.9 Å². The minimum Gasteiger partial charge on any atom is -0.493 e. The third-order valence-electron chi connectivity index (χ3n) is 10.0. The molecule has 0 fully saturated rings. The van der Waals surface area contributed by atoms with Gasteiger partial charge in [0.1, 0.15) is 29.9 Å². The van der Waals surface area contributed by atoms with Gasteiger partial charge in [-0.1, -0.05) is 69.5 Å². The fourth-order valence-corrected chi connectivity index (χ4v) is 6.76. The summed E-state index contributed by atoms with van der Waals surface area (Å²) in [5.74, 6) is -3.49. The first kappa shape index (κ1) is 49.5. The summed E-state index contributed by atoms with van der Waals surface area (Å²) in [5, 5.41) is 8.77. The van der Waals surface area contributed by atoms with Crippen molar-refractivity contribution in [3.05, 3.63) is 101 Å². The number of nitrogens with one attached hydrogen (secondary N) is 3. The molecule has 0 saturated heterocycles. The predicted octanol–water partition coefficient (Wildman–Crippen LogP) is 6.19. The molecule has 0 radical (unpaired) electrons. The molecule has 1 aromatic heterocycles. The first-order valence-electron chi connectivity index (χ1n) is 21.0. The van der Waals surface area contributed by atoms with Gasteiger partial charge < -0.3 is 44.2 Å². The number of Topliss-reactive ketones (excluding diaryl/α,β-unsaturated/α-hetero) is 1. The van der Waals surface area contributed by atoms with Crippen molar-refractivity contribution in [3.63, 3.8) is 0 Å². The van der Waals surface area contributed by atoms with Crippen molar-refractivity contribution in [2.75, 3.05) is 27.5 Å². The third-order valence-corrected chi connectivity index (χ3v) is 10.0. The molecule has 3 aromatic carbocycles. The Balaban J connectivity index is 1.41. The Morgan fingerprint density at radius 3 is 2.22 bits per heavy atom. The number of unbranched alkanes of at least 4 members (excludes halogenated alkanes) is 2. The molecule has 0 aliphatic carbocycles. The number of amides is 4. The summed E-state index contributed by atoms with van der Waals surface area (Å²) in [6, 6.07) is 18.9. The molecular formula is C47H56N4O13. The lowest BCUT2D eigenvalue weighted by Crippen LogP contribution is -2.49. The van der Waals surface area contributed by atoms with Gasteiger partial charge in [0.2, 0.25) is 12.3 Å². The van der Waals surface area contributed by atoms with Crippen molar-refractivity contribution in [2.24, 2.45) is 5.92 Å². The molecule has 0 spiro atoms. The average Bonchev–Trinajstić information content (AvgIpc) is 3.80. The van der Waals surface area contributed by atoms with Crippen LogP contribution in [0.3, 0.4) is 0 Å². The number of furan rings is 1. The van der Waals surface area contributed by atoms with Gasteiger partial charge in [0, 0.05) is 12.0 Å². The van der Waals surface area contributed by atoms with E-state index in [1.807, 2.05) is 13.0 Å². The second-order valence-corrected chi connectivity index (χ2v) is 14.5. The minimum absolute atomic E-state index is 0.0366. The van der Waals surface area contributed by atoms with Crippen LogP contribution in [0.25, 0.3) is 11.3 Å². The number of ketones is 1. The van der Waals surface area contributed by atoms with Crippen molar-refractivity contribution in [1.82, 2.24) is 21.0 Å². The Kier molecular flexibility index (Phi) is 19.4. The minimum atomic E-state index is -1.24. The predicted molar refractivity (Wildman–Crippen MR) is 233 cm³/mol. The number of ether oxygens (including phenoxy) is 4. The van der Waals surface area contributed by atoms with Crippen LogP contribution in [0, 0.1) is 5.92 Å². The lowest BCUT2D eigenvalue weighted by atomic mass is 9.90. The summed E-state index contributed by atoms with van der Waals surface area (Å²) in [4.78, 5) is 96.3. The maximum atomic E-state index is 13.7. The zero-order chi connectivity index (χ0) is 46.6. The van der Waals surface area contributed by atoms with Crippen molar-refractivity contribution in [3.8, 4) is 28.6 Å². The number of carbonyl (C=O) groups is 7. The molecule has 4 aromatic rings. The molecule has 0 bridgehead atoms. The van der Waals surface area contributed by atoms with Crippen molar-refractivity contribution >= 4 is 41.9 Å². The Labute approximate surface area is 372 Å². The Morgan fingerprint density at radius 2 is 1.56 bits per heavy atom. The van der Waals surface area contributed by atoms with Gasteiger partial charge in [-0.15, -0.1) is 0 Å². The number of rotatable bonds is 26. The van der Waals surface area contributed by atoms with Gasteiger partial charge in [-0.25, -0.2) is 9.59 Å². The van der Waals surface area contributed by atoms with E-state index in [-0.39, 0.29) is 72.7 Å². The molecule has 3 N–H and O–H groups in total. The van der Waals surface area contributed by atoms with Crippen LogP contribution in [0.4, 0.5) is 0 Å². The number of hydroxylamine groups is 2. The van der Waals surface area contributed by atoms with Gasteiger partial charge in [0.25, 0.3) is 11.8 Å². The number of esters is 1. The van der Waals surface area contributed by atoms with Crippen LogP contribution >= 0.6 is 0 Å². The zero-order valence-electron chi connectivity index (χ0n) is 36.9. The van der Waals surface area contributed by atoms with Gasteiger partial charge in [0.15, 0.2) is 17.3 Å². The van der Waals surface area contributed by atoms with E-state index in [4.69, 9.17) is 28.2 Å². The van der Waals surface area contributed by atoms with E-state index >= 15 is 0 Å². The van der Waals surface area contributed by atoms with E-state index < -0.39 is 47.7 Å². The second kappa shape index (κ2) is 25.1. The number of benzene rings is 3. The molecule has 3 atom stereocenters. The topological polar surface area (TPSA) is 218 Å².